The summed E-state index contributed by atoms with van der Waals surface area (Å²) >= 11 is 0. The number of carbonyl (C=O) groups is 3. The number of methoxy groups -OCH3 is 1. The van der Waals surface area contributed by atoms with Gasteiger partial charge >= 0.3 is 5.97 Å². The molecule has 0 aliphatic carbocycles. The second kappa shape index (κ2) is 9.02. The minimum absolute atomic E-state index is 0.139. The van der Waals surface area contributed by atoms with Gasteiger partial charge in [0.15, 0.2) is 0 Å². The first-order valence-electron chi connectivity index (χ1n) is 6.64. The van der Waals surface area contributed by atoms with Crippen molar-refractivity contribution in [3.63, 3.8) is 0 Å². The lowest BCUT2D eigenvalue weighted by Gasteiger charge is -2.10. The Morgan fingerprint density at radius 1 is 1.00 bits per heavy atom. The maximum atomic E-state index is 11.3. The van der Waals surface area contributed by atoms with Gasteiger partial charge in [0.1, 0.15) is 11.6 Å². The van der Waals surface area contributed by atoms with Crippen LogP contribution >= 0.6 is 0 Å². The number of Topliss-reactive ketones (excluding diaryl/α,β-unsaturated/α-hetero) is 2. The lowest BCUT2D eigenvalue weighted by atomic mass is 9.92. The van der Waals surface area contributed by atoms with Gasteiger partial charge in [0, 0.05) is 0 Å². The average molecular weight is 278 g/mol. The monoisotopic (exact) mass is 278 g/mol. The molecule has 0 N–H and O–H groups in total. The molecule has 1 aromatic rings. The highest BCUT2D eigenvalue weighted by Gasteiger charge is 2.19. The van der Waals surface area contributed by atoms with Crippen molar-refractivity contribution >= 4 is 17.5 Å². The molecule has 0 saturated heterocycles. The second-order valence-corrected chi connectivity index (χ2v) is 4.17. The van der Waals surface area contributed by atoms with Crippen molar-refractivity contribution in [3.05, 3.63) is 35.4 Å². The summed E-state index contributed by atoms with van der Waals surface area (Å²) < 4.78 is 4.59. The van der Waals surface area contributed by atoms with Crippen LogP contribution in [0, 0.1) is 5.92 Å². The lowest BCUT2D eigenvalue weighted by Crippen LogP contribution is -2.21. The van der Waals surface area contributed by atoms with E-state index >= 15 is 0 Å². The summed E-state index contributed by atoms with van der Waals surface area (Å²) in [6.07, 6.45) is 0.367. The van der Waals surface area contributed by atoms with E-state index in [1.165, 1.54) is 21.0 Å². The molecule has 4 nitrogen and oxygen atoms in total. The van der Waals surface area contributed by atoms with Crippen molar-refractivity contribution in [2.75, 3.05) is 7.11 Å². The summed E-state index contributed by atoms with van der Waals surface area (Å²) in [5.74, 6) is -1.29. The van der Waals surface area contributed by atoms with Gasteiger partial charge in [-0.3, -0.25) is 9.59 Å². The first-order valence-corrected chi connectivity index (χ1v) is 6.64. The highest BCUT2D eigenvalue weighted by Crippen LogP contribution is 2.13. The van der Waals surface area contributed by atoms with Crippen molar-refractivity contribution in [1.29, 1.82) is 0 Å². The molecule has 0 spiro atoms. The molecule has 1 rings (SSSR count). The van der Waals surface area contributed by atoms with E-state index in [1.54, 1.807) is 24.3 Å². The predicted molar refractivity (Wildman–Crippen MR) is 77.7 cm³/mol. The highest BCUT2D eigenvalue weighted by atomic mass is 16.5. The Hall–Kier alpha value is -1.97. The largest absolute Gasteiger partial charge is 0.465 e. The van der Waals surface area contributed by atoms with Crippen molar-refractivity contribution in [2.45, 2.75) is 34.1 Å². The van der Waals surface area contributed by atoms with Crippen molar-refractivity contribution < 1.29 is 19.1 Å². The van der Waals surface area contributed by atoms with Crippen LogP contribution in [-0.2, 0) is 20.7 Å². The lowest BCUT2D eigenvalue weighted by molar-refractivity contribution is -0.130. The van der Waals surface area contributed by atoms with E-state index in [9.17, 15) is 14.4 Å². The Morgan fingerprint density at radius 2 is 1.45 bits per heavy atom. The van der Waals surface area contributed by atoms with E-state index in [1.807, 2.05) is 13.8 Å². The molecule has 1 aromatic carbocycles. The molecule has 0 heterocycles. The topological polar surface area (TPSA) is 60.4 Å². The number of hydrogen-bond acceptors (Lipinski definition) is 4. The molecule has 0 saturated carbocycles. The number of rotatable bonds is 5. The summed E-state index contributed by atoms with van der Waals surface area (Å²) in [5, 5.41) is 0. The fourth-order valence-electron chi connectivity index (χ4n) is 1.70. The van der Waals surface area contributed by atoms with E-state index in [2.05, 4.69) is 4.74 Å². The molecule has 0 atom stereocenters. The number of ketones is 2. The molecule has 0 bridgehead atoms. The van der Waals surface area contributed by atoms with Gasteiger partial charge in [-0.05, 0) is 38.0 Å². The highest BCUT2D eigenvalue weighted by molar-refractivity contribution is 6.00. The zero-order chi connectivity index (χ0) is 15.7. The predicted octanol–water partition coefficient (Wildman–Crippen LogP) is 2.84. The molecule has 0 radical (unpaired) electrons. The standard InChI is InChI=1S/C14H16O4.C2H6/c1-9(15)13(10(2)16)8-11-4-6-12(7-5-11)14(17)18-3;1-2/h4-7,13H,8H2,1-3H3;1-2H3. The van der Waals surface area contributed by atoms with Gasteiger partial charge in [-0.1, -0.05) is 26.0 Å². The molecular formula is C16H22O4. The first-order chi connectivity index (χ1) is 9.45. The number of esters is 1. The molecule has 0 fully saturated rings. The molecule has 0 aliphatic rings. The summed E-state index contributed by atoms with van der Waals surface area (Å²) in [4.78, 5) is 33.9. The quantitative estimate of drug-likeness (QED) is 0.614. The van der Waals surface area contributed by atoms with Crippen LogP contribution in [0.4, 0.5) is 0 Å². The smallest absolute Gasteiger partial charge is 0.337 e. The molecule has 110 valence electrons. The van der Waals surface area contributed by atoms with Gasteiger partial charge in [-0.25, -0.2) is 4.79 Å². The Balaban J connectivity index is 0.00000172. The first kappa shape index (κ1) is 18.0. The fraction of sp³-hybridized carbons (Fsp3) is 0.438. The fourth-order valence-corrected chi connectivity index (χ4v) is 1.70. The summed E-state index contributed by atoms with van der Waals surface area (Å²) in [6.45, 7) is 6.82. The number of ether oxygens (including phenoxy) is 1. The Morgan fingerprint density at radius 3 is 1.80 bits per heavy atom. The minimum Gasteiger partial charge on any atom is -0.465 e. The van der Waals surface area contributed by atoms with Crippen LogP contribution in [0.25, 0.3) is 0 Å². The van der Waals surface area contributed by atoms with E-state index in [4.69, 9.17) is 0 Å². The van der Waals surface area contributed by atoms with Crippen LogP contribution in [0.2, 0.25) is 0 Å². The summed E-state index contributed by atoms with van der Waals surface area (Å²) in [7, 11) is 1.32. The van der Waals surface area contributed by atoms with Gasteiger partial charge in [0.25, 0.3) is 0 Å². The third kappa shape index (κ3) is 5.34. The zero-order valence-corrected chi connectivity index (χ0v) is 12.7. The van der Waals surface area contributed by atoms with Gasteiger partial charge in [-0.15, -0.1) is 0 Å². The van der Waals surface area contributed by atoms with Crippen LogP contribution < -0.4 is 0 Å². The van der Waals surface area contributed by atoms with Crippen molar-refractivity contribution in [1.82, 2.24) is 0 Å². The van der Waals surface area contributed by atoms with Crippen molar-refractivity contribution in [3.8, 4) is 0 Å². The SMILES string of the molecule is CC.COC(=O)c1ccc(CC(C(C)=O)C(C)=O)cc1. The van der Waals surface area contributed by atoms with Gasteiger partial charge in [-0.2, -0.15) is 0 Å². The molecule has 20 heavy (non-hydrogen) atoms. The van der Waals surface area contributed by atoms with E-state index in [-0.39, 0.29) is 11.6 Å². The number of benzene rings is 1. The second-order valence-electron chi connectivity index (χ2n) is 4.17. The maximum Gasteiger partial charge on any atom is 0.337 e. The molecule has 0 unspecified atom stereocenters. The Bertz CT molecular complexity index is 446. The molecule has 0 aliphatic heterocycles. The Labute approximate surface area is 120 Å². The summed E-state index contributed by atoms with van der Waals surface area (Å²) in [6, 6.07) is 6.70. The number of carbonyl (C=O) groups excluding carboxylic acids is 3. The summed E-state index contributed by atoms with van der Waals surface area (Å²) in [5.41, 5.74) is 1.29. The zero-order valence-electron chi connectivity index (χ0n) is 12.7. The van der Waals surface area contributed by atoms with Crippen LogP contribution in [0.15, 0.2) is 24.3 Å². The molecule has 0 aromatic heterocycles. The van der Waals surface area contributed by atoms with Crippen LogP contribution in [0.5, 0.6) is 0 Å². The van der Waals surface area contributed by atoms with Gasteiger partial charge in [0.05, 0.1) is 18.6 Å². The average Bonchev–Trinajstić information content (AvgIpc) is 2.46. The van der Waals surface area contributed by atoms with E-state index < -0.39 is 11.9 Å². The van der Waals surface area contributed by atoms with Gasteiger partial charge in [0.2, 0.25) is 0 Å². The van der Waals surface area contributed by atoms with Crippen LogP contribution in [0.1, 0.15) is 43.6 Å². The van der Waals surface area contributed by atoms with Crippen LogP contribution in [-0.4, -0.2) is 24.6 Å². The third-order valence-corrected chi connectivity index (χ3v) is 2.80. The maximum absolute atomic E-state index is 11.3. The van der Waals surface area contributed by atoms with E-state index in [0.717, 1.165) is 5.56 Å². The number of hydrogen-bond donors (Lipinski definition) is 0. The van der Waals surface area contributed by atoms with Crippen molar-refractivity contribution in [2.24, 2.45) is 5.92 Å². The molecular weight excluding hydrogens is 256 g/mol. The third-order valence-electron chi connectivity index (χ3n) is 2.80. The van der Waals surface area contributed by atoms with E-state index in [0.29, 0.717) is 12.0 Å². The molecule has 4 heteroatoms. The minimum atomic E-state index is -0.603. The normalized spacial score (nSPS) is 9.50. The Kier molecular flexibility index (Phi) is 8.13. The van der Waals surface area contributed by atoms with Crippen LogP contribution in [0.3, 0.4) is 0 Å². The molecule has 0 amide bonds. The van der Waals surface area contributed by atoms with Gasteiger partial charge < -0.3 is 4.74 Å².